The third-order valence-electron chi connectivity index (χ3n) is 4.10. The Kier molecular flexibility index (Phi) is 3.29. The zero-order valence-corrected chi connectivity index (χ0v) is 11.3. The summed E-state index contributed by atoms with van der Waals surface area (Å²) in [5, 5.41) is 3.03. The van der Waals surface area contributed by atoms with Gasteiger partial charge in [0.1, 0.15) is 0 Å². The van der Waals surface area contributed by atoms with E-state index < -0.39 is 0 Å². The fraction of sp³-hybridized carbons (Fsp3) is 0.533. The van der Waals surface area contributed by atoms with E-state index >= 15 is 0 Å². The Bertz CT molecular complexity index is 484. The van der Waals surface area contributed by atoms with E-state index in [2.05, 4.69) is 22.3 Å². The van der Waals surface area contributed by atoms with Crippen molar-refractivity contribution >= 4 is 5.91 Å². The first-order valence-corrected chi connectivity index (χ1v) is 6.99. The molecule has 0 spiro atoms. The summed E-state index contributed by atoms with van der Waals surface area (Å²) in [5.41, 5.74) is 8.67. The summed E-state index contributed by atoms with van der Waals surface area (Å²) in [6.45, 7) is 0.447. The molecule has 4 nitrogen and oxygen atoms in total. The SMILES string of the molecule is CN(CC(=O)NC1CC1)C1CC(N)c2ccccc21. The first-order valence-electron chi connectivity index (χ1n) is 6.99. The van der Waals surface area contributed by atoms with Crippen molar-refractivity contribution in [1.29, 1.82) is 0 Å². The van der Waals surface area contributed by atoms with E-state index in [9.17, 15) is 4.79 Å². The molecule has 2 aliphatic rings. The van der Waals surface area contributed by atoms with Crippen LogP contribution in [0.5, 0.6) is 0 Å². The van der Waals surface area contributed by atoms with E-state index in [1.807, 2.05) is 19.2 Å². The van der Waals surface area contributed by atoms with Gasteiger partial charge in [0, 0.05) is 18.1 Å². The van der Waals surface area contributed by atoms with Gasteiger partial charge < -0.3 is 11.1 Å². The van der Waals surface area contributed by atoms with E-state index in [0.29, 0.717) is 12.6 Å². The predicted molar refractivity (Wildman–Crippen MR) is 74.5 cm³/mol. The minimum atomic E-state index is 0.0927. The smallest absolute Gasteiger partial charge is 0.234 e. The number of likely N-dealkylation sites (N-methyl/N-ethyl adjacent to an activating group) is 1. The largest absolute Gasteiger partial charge is 0.352 e. The third kappa shape index (κ3) is 2.65. The zero-order chi connectivity index (χ0) is 13.4. The number of nitrogens with zero attached hydrogens (tertiary/aromatic N) is 1. The Morgan fingerprint density at radius 1 is 1.37 bits per heavy atom. The fourth-order valence-electron chi connectivity index (χ4n) is 2.90. The van der Waals surface area contributed by atoms with Crippen molar-refractivity contribution in [1.82, 2.24) is 10.2 Å². The highest BCUT2D eigenvalue weighted by Crippen LogP contribution is 2.40. The molecule has 1 aromatic rings. The Balaban J connectivity index is 1.67. The molecular formula is C15H21N3O. The molecule has 0 aromatic heterocycles. The van der Waals surface area contributed by atoms with Crippen LogP contribution in [0.3, 0.4) is 0 Å². The van der Waals surface area contributed by atoms with Gasteiger partial charge in [-0.15, -0.1) is 0 Å². The van der Waals surface area contributed by atoms with Gasteiger partial charge in [-0.25, -0.2) is 0 Å². The summed E-state index contributed by atoms with van der Waals surface area (Å²) in [4.78, 5) is 14.0. The van der Waals surface area contributed by atoms with Gasteiger partial charge in [-0.2, -0.15) is 0 Å². The molecule has 3 rings (SSSR count). The van der Waals surface area contributed by atoms with E-state index in [4.69, 9.17) is 5.73 Å². The lowest BCUT2D eigenvalue weighted by molar-refractivity contribution is -0.122. The lowest BCUT2D eigenvalue weighted by atomic mass is 10.1. The molecule has 0 aliphatic heterocycles. The summed E-state index contributed by atoms with van der Waals surface area (Å²) in [7, 11) is 2.01. The molecule has 0 bridgehead atoms. The Morgan fingerprint density at radius 3 is 2.74 bits per heavy atom. The number of carbonyl (C=O) groups excluding carboxylic acids is 1. The van der Waals surface area contributed by atoms with Crippen molar-refractivity contribution in [2.24, 2.45) is 5.73 Å². The molecule has 1 saturated carbocycles. The first kappa shape index (κ1) is 12.6. The summed E-state index contributed by atoms with van der Waals surface area (Å²) >= 11 is 0. The van der Waals surface area contributed by atoms with Crippen LogP contribution in [0, 0.1) is 0 Å². The molecule has 0 heterocycles. The normalized spacial score (nSPS) is 25.4. The molecular weight excluding hydrogens is 238 g/mol. The van der Waals surface area contributed by atoms with Crippen molar-refractivity contribution in [3.63, 3.8) is 0 Å². The van der Waals surface area contributed by atoms with Crippen molar-refractivity contribution in [3.8, 4) is 0 Å². The maximum atomic E-state index is 11.9. The minimum absolute atomic E-state index is 0.0927. The van der Waals surface area contributed by atoms with Gasteiger partial charge >= 0.3 is 0 Å². The van der Waals surface area contributed by atoms with Crippen molar-refractivity contribution < 1.29 is 4.79 Å². The number of fused-ring (bicyclic) bond motifs is 1. The lowest BCUT2D eigenvalue weighted by Crippen LogP contribution is -2.37. The molecule has 0 saturated heterocycles. The van der Waals surface area contributed by atoms with Gasteiger partial charge in [0.2, 0.25) is 5.91 Å². The molecule has 1 amide bonds. The van der Waals surface area contributed by atoms with E-state index in [1.54, 1.807) is 0 Å². The summed E-state index contributed by atoms with van der Waals surface area (Å²) < 4.78 is 0. The van der Waals surface area contributed by atoms with Crippen LogP contribution in [0.4, 0.5) is 0 Å². The van der Waals surface area contributed by atoms with Crippen LogP contribution in [-0.4, -0.2) is 30.4 Å². The first-order chi connectivity index (χ1) is 9.15. The summed E-state index contributed by atoms with van der Waals surface area (Å²) in [5.74, 6) is 0.128. The topological polar surface area (TPSA) is 58.4 Å². The van der Waals surface area contributed by atoms with Crippen LogP contribution in [-0.2, 0) is 4.79 Å². The van der Waals surface area contributed by atoms with Crippen molar-refractivity contribution in [3.05, 3.63) is 35.4 Å². The molecule has 2 atom stereocenters. The number of hydrogen-bond acceptors (Lipinski definition) is 3. The second-order valence-corrected chi connectivity index (χ2v) is 5.74. The van der Waals surface area contributed by atoms with Crippen LogP contribution < -0.4 is 11.1 Å². The van der Waals surface area contributed by atoms with Crippen LogP contribution >= 0.6 is 0 Å². The number of nitrogens with two attached hydrogens (primary N) is 1. The van der Waals surface area contributed by atoms with E-state index in [-0.39, 0.29) is 18.0 Å². The molecule has 1 aromatic carbocycles. The predicted octanol–water partition coefficient (Wildman–Crippen LogP) is 1.34. The third-order valence-corrected chi connectivity index (χ3v) is 4.10. The highest BCUT2D eigenvalue weighted by Gasteiger charge is 2.32. The molecule has 3 N–H and O–H groups in total. The standard InChI is InChI=1S/C15H21N3O/c1-18(9-15(19)17-10-6-7-10)14-8-13(16)11-4-2-3-5-12(11)14/h2-5,10,13-14H,6-9,16H2,1H3,(H,17,19). The van der Waals surface area contributed by atoms with Crippen molar-refractivity contribution in [2.75, 3.05) is 13.6 Å². The van der Waals surface area contributed by atoms with Gasteiger partial charge in [0.05, 0.1) is 6.54 Å². The maximum absolute atomic E-state index is 11.9. The van der Waals surface area contributed by atoms with Crippen molar-refractivity contribution in [2.45, 2.75) is 37.4 Å². The summed E-state index contributed by atoms with van der Waals surface area (Å²) in [6, 6.07) is 9.08. The van der Waals surface area contributed by atoms with E-state index in [1.165, 1.54) is 11.1 Å². The second kappa shape index (κ2) is 4.94. The monoisotopic (exact) mass is 259 g/mol. The summed E-state index contributed by atoms with van der Waals surface area (Å²) in [6.07, 6.45) is 3.16. The Morgan fingerprint density at radius 2 is 2.05 bits per heavy atom. The molecule has 102 valence electrons. The lowest BCUT2D eigenvalue weighted by Gasteiger charge is -2.24. The molecule has 1 fully saturated rings. The number of hydrogen-bond donors (Lipinski definition) is 2. The minimum Gasteiger partial charge on any atom is -0.352 e. The molecule has 19 heavy (non-hydrogen) atoms. The number of benzene rings is 1. The van der Waals surface area contributed by atoms with E-state index in [0.717, 1.165) is 19.3 Å². The van der Waals surface area contributed by atoms with Crippen LogP contribution in [0.15, 0.2) is 24.3 Å². The Hall–Kier alpha value is -1.39. The molecule has 0 radical (unpaired) electrons. The quantitative estimate of drug-likeness (QED) is 0.858. The number of nitrogens with one attached hydrogen (secondary N) is 1. The average molecular weight is 259 g/mol. The molecule has 2 unspecified atom stereocenters. The highest BCUT2D eigenvalue weighted by molar-refractivity contribution is 5.78. The number of rotatable bonds is 4. The van der Waals surface area contributed by atoms with Gasteiger partial charge in [0.15, 0.2) is 0 Å². The highest BCUT2D eigenvalue weighted by atomic mass is 16.2. The molecule has 2 aliphatic carbocycles. The number of amides is 1. The van der Waals surface area contributed by atoms with Crippen LogP contribution in [0.2, 0.25) is 0 Å². The average Bonchev–Trinajstić information content (AvgIpc) is 3.12. The maximum Gasteiger partial charge on any atom is 0.234 e. The van der Waals surface area contributed by atoms with Gasteiger partial charge in [0.25, 0.3) is 0 Å². The van der Waals surface area contributed by atoms with Crippen LogP contribution in [0.1, 0.15) is 42.5 Å². The van der Waals surface area contributed by atoms with Gasteiger partial charge in [-0.1, -0.05) is 24.3 Å². The van der Waals surface area contributed by atoms with Crippen LogP contribution in [0.25, 0.3) is 0 Å². The second-order valence-electron chi connectivity index (χ2n) is 5.74. The number of carbonyl (C=O) groups is 1. The van der Waals surface area contributed by atoms with Gasteiger partial charge in [-0.3, -0.25) is 9.69 Å². The zero-order valence-electron chi connectivity index (χ0n) is 11.3. The fourth-order valence-corrected chi connectivity index (χ4v) is 2.90. The van der Waals surface area contributed by atoms with Gasteiger partial charge in [-0.05, 0) is 37.4 Å². The Labute approximate surface area is 114 Å². The molecule has 4 heteroatoms.